The van der Waals surface area contributed by atoms with Gasteiger partial charge >= 0.3 is 0 Å². The van der Waals surface area contributed by atoms with Gasteiger partial charge in [-0.05, 0) is 18.6 Å². The topological polar surface area (TPSA) is 49.4 Å². The van der Waals surface area contributed by atoms with Gasteiger partial charge in [-0.25, -0.2) is 13.4 Å². The van der Waals surface area contributed by atoms with Crippen LogP contribution in [-0.4, -0.2) is 27.5 Å². The van der Waals surface area contributed by atoms with E-state index < -0.39 is 10.0 Å². The van der Waals surface area contributed by atoms with E-state index in [0.29, 0.717) is 4.90 Å². The third-order valence-corrected chi connectivity index (χ3v) is 3.33. The van der Waals surface area contributed by atoms with Gasteiger partial charge < -0.3 is 0 Å². The molecule has 0 saturated heterocycles. The summed E-state index contributed by atoms with van der Waals surface area (Å²) >= 11 is 0. The summed E-state index contributed by atoms with van der Waals surface area (Å²) in [6, 6.07) is 6.87. The first-order chi connectivity index (χ1) is 6.43. The minimum absolute atomic E-state index is 0.314. The third kappa shape index (κ3) is 2.54. The standard InChI is InChI=1S/C9H14N2O2S/c1-8-6-4-5-7-9(8)14(12,13)10-11(2)3/h4-7,10H,1-3H3. The Morgan fingerprint density at radius 3 is 2.29 bits per heavy atom. The minimum Gasteiger partial charge on any atom is -0.237 e. The average Bonchev–Trinajstić information content (AvgIpc) is 2.02. The van der Waals surface area contributed by atoms with Gasteiger partial charge in [0.15, 0.2) is 0 Å². The molecule has 1 N–H and O–H groups in total. The third-order valence-electron chi connectivity index (χ3n) is 1.69. The second-order valence-electron chi connectivity index (χ2n) is 3.25. The van der Waals surface area contributed by atoms with Crippen LogP contribution in [0.1, 0.15) is 5.56 Å². The Morgan fingerprint density at radius 2 is 1.79 bits per heavy atom. The SMILES string of the molecule is Cc1ccccc1S(=O)(=O)NN(C)C. The lowest BCUT2D eigenvalue weighted by Gasteiger charge is -2.13. The molecule has 0 unspecified atom stereocenters. The van der Waals surface area contributed by atoms with Crippen LogP contribution in [0, 0.1) is 6.92 Å². The molecule has 0 aliphatic carbocycles. The minimum atomic E-state index is -3.41. The Balaban J connectivity index is 3.11. The predicted octanol–water partition coefficient (Wildman–Crippen LogP) is 0.750. The number of nitrogens with one attached hydrogen (secondary N) is 1. The van der Waals surface area contributed by atoms with Crippen LogP contribution < -0.4 is 4.83 Å². The fourth-order valence-electron chi connectivity index (χ4n) is 1.15. The molecule has 78 valence electrons. The van der Waals surface area contributed by atoms with E-state index in [-0.39, 0.29) is 0 Å². The van der Waals surface area contributed by atoms with E-state index in [9.17, 15) is 8.42 Å². The Bertz CT molecular complexity index is 413. The van der Waals surface area contributed by atoms with Gasteiger partial charge in [0.05, 0.1) is 4.90 Å². The van der Waals surface area contributed by atoms with Gasteiger partial charge in [-0.2, -0.15) is 0 Å². The summed E-state index contributed by atoms with van der Waals surface area (Å²) in [5, 5.41) is 1.40. The van der Waals surface area contributed by atoms with Crippen LogP contribution in [0.15, 0.2) is 29.2 Å². The molecule has 0 aliphatic heterocycles. The van der Waals surface area contributed by atoms with Gasteiger partial charge in [-0.3, -0.25) is 0 Å². The highest BCUT2D eigenvalue weighted by molar-refractivity contribution is 7.89. The Kier molecular flexibility index (Phi) is 3.25. The zero-order chi connectivity index (χ0) is 10.8. The maximum absolute atomic E-state index is 11.7. The molecule has 1 aromatic carbocycles. The largest absolute Gasteiger partial charge is 0.253 e. The van der Waals surface area contributed by atoms with E-state index >= 15 is 0 Å². The van der Waals surface area contributed by atoms with Crippen molar-refractivity contribution in [3.05, 3.63) is 29.8 Å². The normalized spacial score (nSPS) is 12.0. The van der Waals surface area contributed by atoms with Crippen LogP contribution in [-0.2, 0) is 10.0 Å². The van der Waals surface area contributed by atoms with Crippen molar-refractivity contribution >= 4 is 10.0 Å². The van der Waals surface area contributed by atoms with E-state index in [1.165, 1.54) is 5.01 Å². The lowest BCUT2D eigenvalue weighted by atomic mass is 10.2. The van der Waals surface area contributed by atoms with Gasteiger partial charge in [0, 0.05) is 14.1 Å². The van der Waals surface area contributed by atoms with Crippen molar-refractivity contribution < 1.29 is 8.42 Å². The molecule has 5 heteroatoms. The molecule has 0 amide bonds. The molecular weight excluding hydrogens is 200 g/mol. The van der Waals surface area contributed by atoms with Gasteiger partial charge in [-0.15, -0.1) is 4.83 Å². The first kappa shape index (κ1) is 11.2. The molecule has 0 fully saturated rings. The molecule has 1 rings (SSSR count). The average molecular weight is 214 g/mol. The lowest BCUT2D eigenvalue weighted by molar-refractivity contribution is 0.364. The van der Waals surface area contributed by atoms with Gasteiger partial charge in [0.1, 0.15) is 0 Å². The van der Waals surface area contributed by atoms with Crippen molar-refractivity contribution in [1.29, 1.82) is 0 Å². The molecule has 0 atom stereocenters. The quantitative estimate of drug-likeness (QED) is 0.755. The molecule has 14 heavy (non-hydrogen) atoms. The van der Waals surface area contributed by atoms with Crippen LogP contribution in [0.5, 0.6) is 0 Å². The van der Waals surface area contributed by atoms with Crippen LogP contribution in [0.2, 0.25) is 0 Å². The zero-order valence-corrected chi connectivity index (χ0v) is 9.30. The Morgan fingerprint density at radius 1 is 1.21 bits per heavy atom. The van der Waals surface area contributed by atoms with Crippen molar-refractivity contribution in [2.45, 2.75) is 11.8 Å². The highest BCUT2D eigenvalue weighted by Crippen LogP contribution is 2.13. The molecule has 0 bridgehead atoms. The molecule has 1 aromatic rings. The number of hydrogen-bond donors (Lipinski definition) is 1. The fourth-order valence-corrected chi connectivity index (χ4v) is 2.48. The first-order valence-electron chi connectivity index (χ1n) is 4.19. The van der Waals surface area contributed by atoms with E-state index in [0.717, 1.165) is 5.56 Å². The fraction of sp³-hybridized carbons (Fsp3) is 0.333. The number of sulfonamides is 1. The maximum Gasteiger partial charge on any atom is 0.253 e. The van der Waals surface area contributed by atoms with Crippen molar-refractivity contribution in [2.75, 3.05) is 14.1 Å². The monoisotopic (exact) mass is 214 g/mol. The summed E-state index contributed by atoms with van der Waals surface area (Å²) in [5.74, 6) is 0. The van der Waals surface area contributed by atoms with E-state index in [4.69, 9.17) is 0 Å². The van der Waals surface area contributed by atoms with Gasteiger partial charge in [0.2, 0.25) is 0 Å². The van der Waals surface area contributed by atoms with Gasteiger partial charge in [-0.1, -0.05) is 18.2 Å². The summed E-state index contributed by atoms with van der Waals surface area (Å²) in [5.41, 5.74) is 0.738. The van der Waals surface area contributed by atoms with Crippen molar-refractivity contribution in [3.63, 3.8) is 0 Å². The molecule has 0 aliphatic rings. The highest BCUT2D eigenvalue weighted by atomic mass is 32.2. The molecule has 0 radical (unpaired) electrons. The Hall–Kier alpha value is -0.910. The first-order valence-corrected chi connectivity index (χ1v) is 5.67. The van der Waals surface area contributed by atoms with Crippen molar-refractivity contribution in [1.82, 2.24) is 9.84 Å². The van der Waals surface area contributed by atoms with E-state index in [1.54, 1.807) is 39.2 Å². The number of hydrogen-bond acceptors (Lipinski definition) is 3. The van der Waals surface area contributed by atoms with Gasteiger partial charge in [0.25, 0.3) is 10.0 Å². The van der Waals surface area contributed by atoms with Crippen molar-refractivity contribution in [2.24, 2.45) is 0 Å². The predicted molar refractivity (Wildman–Crippen MR) is 55.2 cm³/mol. The zero-order valence-electron chi connectivity index (χ0n) is 8.48. The molecular formula is C9H14N2O2S. The smallest absolute Gasteiger partial charge is 0.237 e. The van der Waals surface area contributed by atoms with E-state index in [1.807, 2.05) is 6.07 Å². The summed E-state index contributed by atoms with van der Waals surface area (Å²) < 4.78 is 23.4. The number of rotatable bonds is 3. The Labute approximate surface area is 84.6 Å². The number of benzene rings is 1. The lowest BCUT2D eigenvalue weighted by Crippen LogP contribution is -2.36. The second kappa shape index (κ2) is 4.08. The summed E-state index contributed by atoms with van der Waals surface area (Å²) in [6.45, 7) is 1.77. The summed E-state index contributed by atoms with van der Waals surface area (Å²) in [7, 11) is -0.145. The summed E-state index contributed by atoms with van der Waals surface area (Å²) in [4.78, 5) is 2.70. The number of aryl methyl sites for hydroxylation is 1. The van der Waals surface area contributed by atoms with Crippen molar-refractivity contribution in [3.8, 4) is 0 Å². The maximum atomic E-state index is 11.7. The van der Waals surface area contributed by atoms with Crippen LogP contribution >= 0.6 is 0 Å². The summed E-state index contributed by atoms with van der Waals surface area (Å²) in [6.07, 6.45) is 0. The van der Waals surface area contributed by atoms with Crippen LogP contribution in [0.25, 0.3) is 0 Å². The molecule has 0 spiro atoms. The van der Waals surface area contributed by atoms with Crippen LogP contribution in [0.3, 0.4) is 0 Å². The molecule has 4 nitrogen and oxygen atoms in total. The molecule has 0 heterocycles. The number of nitrogens with zero attached hydrogens (tertiary/aromatic N) is 1. The number of hydrazine groups is 1. The molecule has 0 saturated carbocycles. The second-order valence-corrected chi connectivity index (χ2v) is 4.88. The molecule has 0 aromatic heterocycles. The van der Waals surface area contributed by atoms with Crippen LogP contribution in [0.4, 0.5) is 0 Å². The van der Waals surface area contributed by atoms with E-state index in [2.05, 4.69) is 4.83 Å². The highest BCUT2D eigenvalue weighted by Gasteiger charge is 2.16.